The first kappa shape index (κ1) is 50.5. The maximum atomic E-state index is 7.65. The monoisotopic (exact) mass is 945 g/mol. The summed E-state index contributed by atoms with van der Waals surface area (Å²) >= 11 is 0. The van der Waals surface area contributed by atoms with Crippen LogP contribution in [0.5, 0.6) is 11.5 Å². The van der Waals surface area contributed by atoms with Crippen molar-refractivity contribution in [3.8, 4) is 45.1 Å². The lowest BCUT2D eigenvalue weighted by Gasteiger charge is -2.38. The fourth-order valence-corrected chi connectivity index (χ4v) is 11.8. The van der Waals surface area contributed by atoms with Crippen LogP contribution in [0.15, 0.2) is 140 Å². The van der Waals surface area contributed by atoms with Crippen molar-refractivity contribution in [2.45, 2.75) is 139 Å². The van der Waals surface area contributed by atoms with Gasteiger partial charge in [-0.15, -0.1) is 0 Å². The summed E-state index contributed by atoms with van der Waals surface area (Å²) in [4.78, 5) is 10.4. The van der Waals surface area contributed by atoms with Gasteiger partial charge in [0.1, 0.15) is 11.5 Å². The smallest absolute Gasteiger partial charge is 0.245 e. The molecular weight excluding hydrogens is 870 g/mol. The minimum absolute atomic E-state index is 0.0603. The van der Waals surface area contributed by atoms with Gasteiger partial charge < -0.3 is 4.74 Å². The number of fused-ring (bicyclic) bond motifs is 2. The molecule has 9 rings (SSSR count). The quantitative estimate of drug-likeness (QED) is 0.108. The average Bonchev–Trinajstić information content (AvgIpc) is 3.36. The first-order valence-electron chi connectivity index (χ1n) is 26.8. The Morgan fingerprint density at radius 1 is 0.403 bits per heavy atom. The Balaban J connectivity index is 1.36. The molecule has 5 heteroatoms. The molecule has 0 amide bonds. The second-order valence-corrected chi connectivity index (χ2v) is 22.5. The van der Waals surface area contributed by atoms with Gasteiger partial charge in [-0.1, -0.05) is 207 Å². The van der Waals surface area contributed by atoms with Crippen LogP contribution < -0.4 is 37.5 Å². The highest BCUT2D eigenvalue weighted by Crippen LogP contribution is 2.38. The van der Waals surface area contributed by atoms with E-state index in [1.165, 1.54) is 88.4 Å². The summed E-state index contributed by atoms with van der Waals surface area (Å²) < 4.78 is 7.65. The van der Waals surface area contributed by atoms with Crippen molar-refractivity contribution in [2.75, 3.05) is 0 Å². The Morgan fingerprint density at radius 2 is 0.903 bits per heavy atom. The third-order valence-electron chi connectivity index (χ3n) is 15.7. The number of nitrogens with zero attached hydrogens (tertiary/aromatic N) is 2. The van der Waals surface area contributed by atoms with Crippen LogP contribution in [0.1, 0.15) is 169 Å². The average molecular weight is 945 g/mol. The topological polar surface area (TPSA) is 35.0 Å². The van der Waals surface area contributed by atoms with E-state index in [-0.39, 0.29) is 13.4 Å². The van der Waals surface area contributed by atoms with E-state index in [4.69, 9.17) is 14.7 Å². The van der Waals surface area contributed by atoms with Gasteiger partial charge in [-0.05, 0) is 154 Å². The van der Waals surface area contributed by atoms with Crippen molar-refractivity contribution in [3.63, 3.8) is 0 Å². The van der Waals surface area contributed by atoms with Crippen LogP contribution in [0.25, 0.3) is 33.6 Å². The summed E-state index contributed by atoms with van der Waals surface area (Å²) in [6, 6.07) is 50.3. The largest absolute Gasteiger partial charge is 0.458 e. The lowest BCUT2D eigenvalue weighted by Crippen LogP contribution is -2.76. The Hall–Kier alpha value is -6.45. The van der Waals surface area contributed by atoms with Crippen molar-refractivity contribution in [1.82, 2.24) is 9.97 Å². The molecule has 0 saturated heterocycles. The molecule has 0 atom stereocenters. The zero-order valence-corrected chi connectivity index (χ0v) is 45.7. The molecule has 1 aliphatic rings. The van der Waals surface area contributed by atoms with Gasteiger partial charge in [0.25, 0.3) is 0 Å². The number of hydrogen-bond acceptors (Lipinski definition) is 3. The molecule has 0 saturated carbocycles. The minimum atomic E-state index is -0.103. The van der Waals surface area contributed by atoms with E-state index < -0.39 is 0 Å². The van der Waals surface area contributed by atoms with E-state index in [0.717, 1.165) is 39.7 Å². The fraction of sp³-hybridized carbons (Fsp3) is 0.313. The van der Waals surface area contributed by atoms with Crippen LogP contribution in [0.3, 0.4) is 0 Å². The number of pyridine rings is 2. The highest BCUT2D eigenvalue weighted by Gasteiger charge is 2.44. The number of ether oxygens (including phenoxy) is 1. The van der Waals surface area contributed by atoms with E-state index in [1.54, 1.807) is 0 Å². The van der Waals surface area contributed by atoms with Gasteiger partial charge in [0.05, 0.1) is 11.4 Å². The highest BCUT2D eigenvalue weighted by atomic mass is 16.5. The van der Waals surface area contributed by atoms with Crippen LogP contribution >= 0.6 is 0 Å². The molecule has 0 aliphatic carbocycles. The first-order valence-corrected chi connectivity index (χ1v) is 26.8. The van der Waals surface area contributed by atoms with Gasteiger partial charge in [0.15, 0.2) is 0 Å². The van der Waals surface area contributed by atoms with Crippen molar-refractivity contribution >= 4 is 46.2 Å². The first-order chi connectivity index (χ1) is 34.4. The fourth-order valence-electron chi connectivity index (χ4n) is 11.8. The number of aryl methyl sites for hydroxylation is 2. The normalized spacial score (nSPS) is 12.5. The molecule has 1 aliphatic heterocycles. The summed E-state index contributed by atoms with van der Waals surface area (Å²) in [6.45, 7) is 34.3. The van der Waals surface area contributed by atoms with Crippen molar-refractivity contribution < 1.29 is 4.74 Å². The third kappa shape index (κ3) is 9.41. The van der Waals surface area contributed by atoms with Crippen LogP contribution in [0.4, 0.5) is 0 Å². The Morgan fingerprint density at radius 3 is 1.43 bits per heavy atom. The van der Waals surface area contributed by atoms with E-state index >= 15 is 0 Å². The summed E-state index contributed by atoms with van der Waals surface area (Å²) in [5, 5.41) is 0. The summed E-state index contributed by atoms with van der Waals surface area (Å²) in [6.07, 6.45) is 1.97. The molecule has 3 nitrogen and oxygen atoms in total. The highest BCUT2D eigenvalue weighted by molar-refractivity contribution is 7.12. The van der Waals surface area contributed by atoms with Crippen molar-refractivity contribution in [1.29, 1.82) is 0 Å². The predicted octanol–water partition coefficient (Wildman–Crippen LogP) is 14.3. The lowest BCUT2D eigenvalue weighted by molar-refractivity contribution is 0.487. The van der Waals surface area contributed by atoms with Gasteiger partial charge in [0, 0.05) is 23.0 Å². The van der Waals surface area contributed by atoms with Crippen molar-refractivity contribution in [2.24, 2.45) is 0 Å². The zero-order chi connectivity index (χ0) is 51.3. The molecule has 0 radical (unpaired) electrons. The van der Waals surface area contributed by atoms with E-state index in [0.29, 0.717) is 35.5 Å². The van der Waals surface area contributed by atoms with E-state index in [9.17, 15) is 0 Å². The van der Waals surface area contributed by atoms with Crippen LogP contribution in [-0.4, -0.2) is 23.4 Å². The summed E-state index contributed by atoms with van der Waals surface area (Å²) in [5.74, 6) is 3.63. The van der Waals surface area contributed by atoms with E-state index in [1.807, 2.05) is 6.20 Å². The molecule has 2 aromatic heterocycles. The molecule has 0 fully saturated rings. The molecule has 0 bridgehead atoms. The molecule has 3 heterocycles. The minimum Gasteiger partial charge on any atom is -0.458 e. The van der Waals surface area contributed by atoms with E-state index in [2.05, 4.69) is 237 Å². The Bertz CT molecular complexity index is 3200. The molecule has 0 N–H and O–H groups in total. The molecule has 72 heavy (non-hydrogen) atoms. The number of rotatable bonds is 13. The van der Waals surface area contributed by atoms with Gasteiger partial charge in [-0.25, -0.2) is 0 Å². The maximum absolute atomic E-state index is 7.65. The summed E-state index contributed by atoms with van der Waals surface area (Å²) in [7, 11) is 0. The van der Waals surface area contributed by atoms with Crippen LogP contribution in [0, 0.1) is 20.8 Å². The molecule has 0 spiro atoms. The van der Waals surface area contributed by atoms with Crippen LogP contribution in [0.2, 0.25) is 0 Å². The maximum Gasteiger partial charge on any atom is 0.245 e. The SMILES string of the molecule is Cc1cc(-c2cc(Oc3cccc(-c4cc(-c5c(C(C)C)cccc5C(C)C)ccn4)c3)c3c(c2)B(c2c(C(C)C)cccc2C(C)C)c2ccccc2B3c2c(C(C)C)cccc2C(C)C)nc(C)c1C. The van der Waals surface area contributed by atoms with Gasteiger partial charge in [-0.2, -0.15) is 0 Å². The molecule has 364 valence electrons. The molecule has 6 aromatic carbocycles. The second-order valence-electron chi connectivity index (χ2n) is 22.5. The molecular formula is C67H74B2N2O. The Kier molecular flexibility index (Phi) is 14.4. The van der Waals surface area contributed by atoms with Gasteiger partial charge in [-0.3, -0.25) is 9.97 Å². The number of aromatic nitrogens is 2. The number of hydrogen-bond donors (Lipinski definition) is 0. The molecule has 0 unspecified atom stereocenters. The standard InChI is InChI=1S/C67H74B2N2O/c1-39(2)52-24-19-25-53(40(3)4)64(52)49-32-33-70-61(37-49)48-22-18-23-51(35-48)72-63-38-50(62-34-45(13)46(14)47(15)71-62)36-60-67(63)69(66-56(43(9)10)28-21-29-57(66)44(11)12)59-31-17-16-30-58(59)68(60)65-54(41(5)6)26-20-27-55(65)42(7)8/h16-44H,1-15H3. The van der Waals surface area contributed by atoms with Crippen LogP contribution in [-0.2, 0) is 0 Å². The number of benzene rings is 6. The third-order valence-corrected chi connectivity index (χ3v) is 15.7. The zero-order valence-electron chi connectivity index (χ0n) is 45.7. The summed E-state index contributed by atoms with van der Waals surface area (Å²) in [5.41, 5.74) is 26.2. The predicted molar refractivity (Wildman–Crippen MR) is 312 cm³/mol. The van der Waals surface area contributed by atoms with Gasteiger partial charge in [0.2, 0.25) is 13.4 Å². The van der Waals surface area contributed by atoms with Gasteiger partial charge >= 0.3 is 0 Å². The Labute approximate surface area is 433 Å². The lowest BCUT2D eigenvalue weighted by atomic mass is 9.19. The molecule has 8 aromatic rings. The second kappa shape index (κ2) is 20.6. The van der Waals surface area contributed by atoms with Crippen molar-refractivity contribution in [3.05, 3.63) is 190 Å².